The van der Waals surface area contributed by atoms with Crippen molar-refractivity contribution in [3.63, 3.8) is 0 Å². The van der Waals surface area contributed by atoms with Gasteiger partial charge in [0.1, 0.15) is 9.96 Å². The van der Waals surface area contributed by atoms with Gasteiger partial charge >= 0.3 is 0 Å². The molecule has 1 aromatic carbocycles. The van der Waals surface area contributed by atoms with Crippen LogP contribution in [0.3, 0.4) is 0 Å². The summed E-state index contributed by atoms with van der Waals surface area (Å²) in [6.07, 6.45) is 1.70. The van der Waals surface area contributed by atoms with Crippen molar-refractivity contribution in [1.82, 2.24) is 0 Å². The van der Waals surface area contributed by atoms with Gasteiger partial charge < -0.3 is 4.74 Å². The van der Waals surface area contributed by atoms with Crippen LogP contribution >= 0.6 is 11.3 Å². The molecule has 106 valence electrons. The second-order valence-corrected chi connectivity index (χ2v) is 7.64. The van der Waals surface area contributed by atoms with E-state index in [-0.39, 0.29) is 0 Å². The lowest BCUT2D eigenvalue weighted by atomic mass is 10.0. The third-order valence-electron chi connectivity index (χ3n) is 3.40. The van der Waals surface area contributed by atoms with Crippen LogP contribution in [0.4, 0.5) is 5.69 Å². The molecule has 20 heavy (non-hydrogen) atoms. The highest BCUT2D eigenvalue weighted by Gasteiger charge is 2.29. The number of rotatable bonds is 3. The Bertz CT molecular complexity index is 708. The number of ether oxygens (including phenoxy) is 1. The molecule has 1 aliphatic rings. The van der Waals surface area contributed by atoms with E-state index in [2.05, 4.69) is 0 Å². The SMILES string of the molecule is COc1ccc2c(c1)CCCN2S(=O)(=O)c1cccs1. The highest BCUT2D eigenvalue weighted by atomic mass is 32.2. The first kappa shape index (κ1) is 13.5. The number of thiophene rings is 1. The van der Waals surface area contributed by atoms with Crippen LogP contribution in [0, 0.1) is 0 Å². The number of hydrogen-bond acceptors (Lipinski definition) is 4. The first-order chi connectivity index (χ1) is 9.63. The van der Waals surface area contributed by atoms with Crippen molar-refractivity contribution in [2.24, 2.45) is 0 Å². The van der Waals surface area contributed by atoms with Crippen LogP contribution in [0.2, 0.25) is 0 Å². The Kier molecular flexibility index (Phi) is 3.43. The molecular weight excluding hydrogens is 294 g/mol. The highest BCUT2D eigenvalue weighted by molar-refractivity contribution is 7.94. The number of nitrogens with zero attached hydrogens (tertiary/aromatic N) is 1. The molecule has 0 saturated carbocycles. The van der Waals surface area contributed by atoms with Crippen molar-refractivity contribution < 1.29 is 13.2 Å². The third-order valence-corrected chi connectivity index (χ3v) is 6.59. The van der Waals surface area contributed by atoms with Crippen LogP contribution in [0.5, 0.6) is 5.75 Å². The molecule has 0 saturated heterocycles. The average Bonchev–Trinajstić information content (AvgIpc) is 3.01. The second-order valence-electron chi connectivity index (χ2n) is 4.61. The molecule has 4 nitrogen and oxygen atoms in total. The van der Waals surface area contributed by atoms with Gasteiger partial charge in [-0.1, -0.05) is 6.07 Å². The van der Waals surface area contributed by atoms with E-state index < -0.39 is 10.0 Å². The van der Waals surface area contributed by atoms with E-state index in [0.717, 1.165) is 29.8 Å². The zero-order chi connectivity index (χ0) is 14.2. The molecule has 0 aliphatic carbocycles. The molecule has 2 aromatic rings. The van der Waals surface area contributed by atoms with Gasteiger partial charge in [0.25, 0.3) is 10.0 Å². The maximum Gasteiger partial charge on any atom is 0.273 e. The zero-order valence-electron chi connectivity index (χ0n) is 11.1. The highest BCUT2D eigenvalue weighted by Crippen LogP contribution is 2.35. The molecule has 0 spiro atoms. The van der Waals surface area contributed by atoms with Crippen LogP contribution < -0.4 is 9.04 Å². The van der Waals surface area contributed by atoms with Crippen LogP contribution in [0.15, 0.2) is 39.9 Å². The normalized spacial score (nSPS) is 14.9. The summed E-state index contributed by atoms with van der Waals surface area (Å²) in [6, 6.07) is 8.97. The van der Waals surface area contributed by atoms with Crippen LogP contribution in [-0.2, 0) is 16.4 Å². The fourth-order valence-corrected chi connectivity index (χ4v) is 5.08. The minimum Gasteiger partial charge on any atom is -0.497 e. The topological polar surface area (TPSA) is 46.6 Å². The maximum atomic E-state index is 12.7. The van der Waals surface area contributed by atoms with Crippen molar-refractivity contribution in [3.05, 3.63) is 41.3 Å². The molecule has 0 N–H and O–H groups in total. The van der Waals surface area contributed by atoms with E-state index in [1.54, 1.807) is 30.7 Å². The number of sulfonamides is 1. The molecule has 0 unspecified atom stereocenters. The van der Waals surface area contributed by atoms with Crippen LogP contribution in [0.25, 0.3) is 0 Å². The monoisotopic (exact) mass is 309 g/mol. The van der Waals surface area contributed by atoms with E-state index in [1.165, 1.54) is 15.6 Å². The Morgan fingerprint density at radius 1 is 1.30 bits per heavy atom. The molecule has 0 radical (unpaired) electrons. The Morgan fingerprint density at radius 2 is 2.15 bits per heavy atom. The van der Waals surface area contributed by atoms with E-state index in [0.29, 0.717) is 10.8 Å². The summed E-state index contributed by atoms with van der Waals surface area (Å²) in [5.74, 6) is 0.763. The van der Waals surface area contributed by atoms with E-state index >= 15 is 0 Å². The second kappa shape index (κ2) is 5.10. The number of hydrogen-bond donors (Lipinski definition) is 0. The van der Waals surface area contributed by atoms with Crippen LogP contribution in [0.1, 0.15) is 12.0 Å². The fourth-order valence-electron chi connectivity index (χ4n) is 2.43. The summed E-state index contributed by atoms with van der Waals surface area (Å²) in [5, 5.41) is 1.78. The van der Waals surface area contributed by atoms with Crippen molar-refractivity contribution in [3.8, 4) is 5.75 Å². The van der Waals surface area contributed by atoms with E-state index in [4.69, 9.17) is 4.74 Å². The van der Waals surface area contributed by atoms with Crippen molar-refractivity contribution in [2.45, 2.75) is 17.1 Å². The first-order valence-electron chi connectivity index (χ1n) is 6.36. The number of anilines is 1. The summed E-state index contributed by atoms with van der Waals surface area (Å²) < 4.78 is 32.4. The standard InChI is InChI=1S/C14H15NO3S2/c1-18-12-6-7-13-11(10-12)4-2-8-15(13)20(16,17)14-5-3-9-19-14/h3,5-7,9-10H,2,4,8H2,1H3. The van der Waals surface area contributed by atoms with Gasteiger partial charge in [0, 0.05) is 6.54 Å². The van der Waals surface area contributed by atoms with Crippen molar-refractivity contribution in [2.75, 3.05) is 18.0 Å². The average molecular weight is 309 g/mol. The zero-order valence-corrected chi connectivity index (χ0v) is 12.7. The Morgan fingerprint density at radius 3 is 2.85 bits per heavy atom. The predicted octanol–water partition coefficient (Wildman–Crippen LogP) is 2.90. The quantitative estimate of drug-likeness (QED) is 0.876. The molecule has 1 aliphatic heterocycles. The lowest BCUT2D eigenvalue weighted by Crippen LogP contribution is -2.35. The van der Waals surface area contributed by atoms with Gasteiger partial charge in [-0.05, 0) is 48.1 Å². The molecule has 0 atom stereocenters. The summed E-state index contributed by atoms with van der Waals surface area (Å²) in [5.41, 5.74) is 1.79. The van der Waals surface area contributed by atoms with E-state index in [1.807, 2.05) is 12.1 Å². The summed E-state index contributed by atoms with van der Waals surface area (Å²) in [4.78, 5) is 0. The Balaban J connectivity index is 2.06. The summed E-state index contributed by atoms with van der Waals surface area (Å²) >= 11 is 1.25. The van der Waals surface area contributed by atoms with Gasteiger partial charge in [-0.25, -0.2) is 8.42 Å². The Labute approximate surface area is 122 Å². The molecule has 6 heteroatoms. The number of methoxy groups -OCH3 is 1. The number of fused-ring (bicyclic) bond motifs is 1. The number of aryl methyl sites for hydroxylation is 1. The smallest absolute Gasteiger partial charge is 0.273 e. The first-order valence-corrected chi connectivity index (χ1v) is 8.68. The lowest BCUT2D eigenvalue weighted by molar-refractivity contribution is 0.414. The van der Waals surface area contributed by atoms with Crippen molar-refractivity contribution >= 4 is 27.0 Å². The maximum absolute atomic E-state index is 12.7. The Hall–Kier alpha value is -1.53. The molecule has 0 fully saturated rings. The van der Waals surface area contributed by atoms with Gasteiger partial charge in [-0.15, -0.1) is 11.3 Å². The summed E-state index contributed by atoms with van der Waals surface area (Å²) in [7, 11) is -1.82. The van der Waals surface area contributed by atoms with Crippen molar-refractivity contribution in [1.29, 1.82) is 0 Å². The van der Waals surface area contributed by atoms with Gasteiger partial charge in [0.05, 0.1) is 12.8 Å². The minimum absolute atomic E-state index is 0.390. The van der Waals surface area contributed by atoms with E-state index in [9.17, 15) is 8.42 Å². The van der Waals surface area contributed by atoms with Crippen LogP contribution in [-0.4, -0.2) is 22.1 Å². The largest absolute Gasteiger partial charge is 0.497 e. The molecule has 0 bridgehead atoms. The van der Waals surface area contributed by atoms with Gasteiger partial charge in [-0.3, -0.25) is 4.31 Å². The molecule has 0 amide bonds. The van der Waals surface area contributed by atoms with Gasteiger partial charge in [0.15, 0.2) is 0 Å². The predicted molar refractivity (Wildman–Crippen MR) is 80.2 cm³/mol. The molecular formula is C14H15NO3S2. The van der Waals surface area contributed by atoms with Gasteiger partial charge in [-0.2, -0.15) is 0 Å². The number of benzene rings is 1. The molecule has 1 aromatic heterocycles. The van der Waals surface area contributed by atoms with Gasteiger partial charge in [0.2, 0.25) is 0 Å². The molecule has 3 rings (SSSR count). The molecule has 2 heterocycles. The summed E-state index contributed by atoms with van der Waals surface area (Å²) in [6.45, 7) is 0.527. The minimum atomic E-state index is -3.44. The third kappa shape index (κ3) is 2.19. The fraction of sp³-hybridized carbons (Fsp3) is 0.286. The lowest BCUT2D eigenvalue weighted by Gasteiger charge is -2.30.